The van der Waals surface area contributed by atoms with E-state index < -0.39 is 6.10 Å². The molecular formula is C18H19N5O2. The van der Waals surface area contributed by atoms with Crippen molar-refractivity contribution in [1.82, 2.24) is 25.1 Å². The predicted molar refractivity (Wildman–Crippen MR) is 91.5 cm³/mol. The van der Waals surface area contributed by atoms with Crippen LogP contribution in [0.15, 0.2) is 60.7 Å². The number of aliphatic hydroxyl groups is 1. The second-order valence-corrected chi connectivity index (χ2v) is 5.71. The van der Waals surface area contributed by atoms with Crippen LogP contribution in [0.2, 0.25) is 0 Å². The molecule has 0 aliphatic heterocycles. The Morgan fingerprint density at radius 1 is 1.12 bits per heavy atom. The molecule has 0 saturated carbocycles. The van der Waals surface area contributed by atoms with E-state index in [9.17, 15) is 9.90 Å². The lowest BCUT2D eigenvalue weighted by Crippen LogP contribution is -2.26. The number of carbonyl (C=O) groups is 1. The maximum Gasteiger partial charge on any atom is 0.254 e. The van der Waals surface area contributed by atoms with Crippen LogP contribution < -0.4 is 0 Å². The summed E-state index contributed by atoms with van der Waals surface area (Å²) in [5.74, 6) is 0.313. The van der Waals surface area contributed by atoms with Gasteiger partial charge in [0.1, 0.15) is 6.10 Å². The van der Waals surface area contributed by atoms with Gasteiger partial charge < -0.3 is 10.0 Å². The molecule has 1 N–H and O–H groups in total. The van der Waals surface area contributed by atoms with Crippen LogP contribution in [0.5, 0.6) is 0 Å². The Bertz CT molecular complexity index is 820. The molecular weight excluding hydrogens is 318 g/mol. The number of carbonyl (C=O) groups excluding carboxylic acids is 1. The Labute approximate surface area is 145 Å². The number of rotatable bonds is 6. The number of benzene rings is 2. The highest BCUT2D eigenvalue weighted by molar-refractivity contribution is 5.93. The fourth-order valence-electron chi connectivity index (χ4n) is 2.44. The second kappa shape index (κ2) is 7.67. The zero-order valence-electron chi connectivity index (χ0n) is 13.9. The normalized spacial score (nSPS) is 11.9. The molecule has 0 aliphatic carbocycles. The molecule has 3 rings (SSSR count). The molecule has 1 unspecified atom stereocenters. The molecule has 128 valence electrons. The van der Waals surface area contributed by atoms with Gasteiger partial charge in [-0.1, -0.05) is 48.5 Å². The molecule has 1 heterocycles. The van der Waals surface area contributed by atoms with Gasteiger partial charge in [0.2, 0.25) is 0 Å². The van der Waals surface area contributed by atoms with Crippen molar-refractivity contribution >= 4 is 5.91 Å². The fraction of sp³-hybridized carbons (Fsp3) is 0.222. The summed E-state index contributed by atoms with van der Waals surface area (Å²) in [4.78, 5) is 15.2. The average molecular weight is 337 g/mol. The SMILES string of the molecule is CN(Cc1nnn(CC(O)c2ccccc2)n1)C(=O)c1ccccc1. The quantitative estimate of drug-likeness (QED) is 0.740. The molecule has 0 radical (unpaired) electrons. The summed E-state index contributed by atoms with van der Waals surface area (Å²) in [5, 5.41) is 22.3. The van der Waals surface area contributed by atoms with Crippen LogP contribution in [-0.4, -0.2) is 43.2 Å². The first-order valence-electron chi connectivity index (χ1n) is 7.93. The smallest absolute Gasteiger partial charge is 0.254 e. The van der Waals surface area contributed by atoms with Gasteiger partial charge in [0.05, 0.1) is 13.1 Å². The van der Waals surface area contributed by atoms with E-state index >= 15 is 0 Å². The van der Waals surface area contributed by atoms with E-state index in [4.69, 9.17) is 0 Å². The Balaban J connectivity index is 1.61. The molecule has 1 atom stereocenters. The summed E-state index contributed by atoms with van der Waals surface area (Å²) >= 11 is 0. The second-order valence-electron chi connectivity index (χ2n) is 5.71. The lowest BCUT2D eigenvalue weighted by molar-refractivity contribution is 0.0781. The van der Waals surface area contributed by atoms with Crippen molar-refractivity contribution in [2.45, 2.75) is 19.2 Å². The number of aromatic nitrogens is 4. The highest BCUT2D eigenvalue weighted by Crippen LogP contribution is 2.13. The van der Waals surface area contributed by atoms with Crippen molar-refractivity contribution in [1.29, 1.82) is 0 Å². The Hall–Kier alpha value is -3.06. The first-order chi connectivity index (χ1) is 12.1. The van der Waals surface area contributed by atoms with Gasteiger partial charge in [0.25, 0.3) is 5.91 Å². The van der Waals surface area contributed by atoms with Crippen LogP contribution in [0.25, 0.3) is 0 Å². The summed E-state index contributed by atoms with van der Waals surface area (Å²) in [5.41, 5.74) is 1.40. The van der Waals surface area contributed by atoms with E-state index in [1.54, 1.807) is 19.2 Å². The molecule has 1 amide bonds. The van der Waals surface area contributed by atoms with E-state index in [1.807, 2.05) is 48.5 Å². The number of hydrogen-bond acceptors (Lipinski definition) is 5. The van der Waals surface area contributed by atoms with Crippen LogP contribution in [0.1, 0.15) is 27.8 Å². The zero-order valence-corrected chi connectivity index (χ0v) is 13.9. The van der Waals surface area contributed by atoms with Crippen LogP contribution in [0.3, 0.4) is 0 Å². The van der Waals surface area contributed by atoms with Gasteiger partial charge in [-0.25, -0.2) is 0 Å². The molecule has 0 bridgehead atoms. The molecule has 25 heavy (non-hydrogen) atoms. The molecule has 3 aromatic rings. The molecule has 1 aromatic heterocycles. The largest absolute Gasteiger partial charge is 0.386 e. The van der Waals surface area contributed by atoms with Crippen LogP contribution in [0, 0.1) is 0 Å². The Morgan fingerprint density at radius 2 is 1.76 bits per heavy atom. The third-order valence-corrected chi connectivity index (χ3v) is 3.76. The standard InChI is InChI=1S/C18H19N5O2/c1-22(18(25)15-10-6-3-7-11-15)13-17-19-21-23(20-17)12-16(24)14-8-4-2-5-9-14/h2-11,16,24H,12-13H2,1H3. The average Bonchev–Trinajstić information content (AvgIpc) is 3.09. The van der Waals surface area contributed by atoms with Gasteiger partial charge in [-0.3, -0.25) is 4.79 Å². The minimum atomic E-state index is -0.716. The summed E-state index contributed by atoms with van der Waals surface area (Å²) in [6.45, 7) is 0.447. The zero-order chi connectivity index (χ0) is 17.6. The molecule has 0 aliphatic rings. The van der Waals surface area contributed by atoms with Gasteiger partial charge in [-0.2, -0.15) is 4.80 Å². The van der Waals surface area contributed by atoms with E-state index in [-0.39, 0.29) is 19.0 Å². The lowest BCUT2D eigenvalue weighted by atomic mass is 10.1. The number of amides is 1. The molecule has 7 heteroatoms. The molecule has 2 aromatic carbocycles. The van der Waals surface area contributed by atoms with Crippen molar-refractivity contribution < 1.29 is 9.90 Å². The number of aliphatic hydroxyl groups excluding tert-OH is 1. The first-order valence-corrected chi connectivity index (χ1v) is 7.93. The van der Waals surface area contributed by atoms with Crippen molar-refractivity contribution in [2.75, 3.05) is 7.05 Å². The Morgan fingerprint density at radius 3 is 2.44 bits per heavy atom. The van der Waals surface area contributed by atoms with Gasteiger partial charge in [-0.15, -0.1) is 10.2 Å². The fourth-order valence-corrected chi connectivity index (χ4v) is 2.44. The van der Waals surface area contributed by atoms with Crippen LogP contribution >= 0.6 is 0 Å². The first kappa shape index (κ1) is 16.8. The van der Waals surface area contributed by atoms with E-state index in [0.29, 0.717) is 11.4 Å². The third kappa shape index (κ3) is 4.27. The monoisotopic (exact) mass is 337 g/mol. The van der Waals surface area contributed by atoms with E-state index in [0.717, 1.165) is 5.56 Å². The number of hydrogen-bond donors (Lipinski definition) is 1. The summed E-state index contributed by atoms with van der Waals surface area (Å²) in [7, 11) is 1.69. The minimum Gasteiger partial charge on any atom is -0.386 e. The van der Waals surface area contributed by atoms with Crippen molar-refractivity contribution in [3.8, 4) is 0 Å². The maximum atomic E-state index is 12.3. The molecule has 0 saturated heterocycles. The van der Waals surface area contributed by atoms with Gasteiger partial charge in [-0.05, 0) is 22.9 Å². The van der Waals surface area contributed by atoms with E-state index in [1.165, 1.54) is 9.70 Å². The topological polar surface area (TPSA) is 84.1 Å². The number of nitrogens with zero attached hydrogens (tertiary/aromatic N) is 5. The summed E-state index contributed by atoms with van der Waals surface area (Å²) in [6, 6.07) is 18.3. The van der Waals surface area contributed by atoms with Gasteiger partial charge >= 0.3 is 0 Å². The van der Waals surface area contributed by atoms with Crippen molar-refractivity contribution in [3.05, 3.63) is 77.6 Å². The highest BCUT2D eigenvalue weighted by Gasteiger charge is 2.15. The molecule has 7 nitrogen and oxygen atoms in total. The predicted octanol–water partition coefficient (Wildman–Crippen LogP) is 1.68. The molecule has 0 spiro atoms. The number of tetrazole rings is 1. The minimum absolute atomic E-state index is 0.110. The summed E-state index contributed by atoms with van der Waals surface area (Å²) in [6.07, 6.45) is -0.716. The third-order valence-electron chi connectivity index (χ3n) is 3.76. The maximum absolute atomic E-state index is 12.3. The van der Waals surface area contributed by atoms with Crippen LogP contribution in [0.4, 0.5) is 0 Å². The van der Waals surface area contributed by atoms with E-state index in [2.05, 4.69) is 15.4 Å². The highest BCUT2D eigenvalue weighted by atomic mass is 16.3. The summed E-state index contributed by atoms with van der Waals surface area (Å²) < 4.78 is 0. The Kier molecular flexibility index (Phi) is 5.15. The van der Waals surface area contributed by atoms with Crippen LogP contribution in [-0.2, 0) is 13.1 Å². The lowest BCUT2D eigenvalue weighted by Gasteiger charge is -2.14. The van der Waals surface area contributed by atoms with Crippen molar-refractivity contribution in [2.24, 2.45) is 0 Å². The van der Waals surface area contributed by atoms with Crippen molar-refractivity contribution in [3.63, 3.8) is 0 Å². The van der Waals surface area contributed by atoms with Gasteiger partial charge in [0.15, 0.2) is 5.82 Å². The molecule has 0 fully saturated rings. The van der Waals surface area contributed by atoms with Gasteiger partial charge in [0, 0.05) is 12.6 Å².